The van der Waals surface area contributed by atoms with Gasteiger partial charge in [0.25, 0.3) is 0 Å². The summed E-state index contributed by atoms with van der Waals surface area (Å²) in [6.45, 7) is 6.29. The Labute approximate surface area is 120 Å². The number of hydrogen-bond donors (Lipinski definition) is 1. The molecule has 106 valence electrons. The number of para-hydroxylation sites is 1. The second-order valence-corrected chi connectivity index (χ2v) is 4.59. The van der Waals surface area contributed by atoms with Gasteiger partial charge in [0.15, 0.2) is 11.5 Å². The van der Waals surface area contributed by atoms with Crippen molar-refractivity contribution in [2.75, 3.05) is 20.3 Å². The van der Waals surface area contributed by atoms with Crippen LogP contribution in [0.25, 0.3) is 0 Å². The summed E-state index contributed by atoms with van der Waals surface area (Å²) in [5.74, 6) is 1.53. The van der Waals surface area contributed by atoms with Crippen molar-refractivity contribution in [2.24, 2.45) is 0 Å². The Kier molecular flexibility index (Phi) is 7.38. The first-order valence-electron chi connectivity index (χ1n) is 6.48. The fraction of sp³-hybridized carbons (Fsp3) is 0.467. The van der Waals surface area contributed by atoms with Crippen LogP contribution in [-0.4, -0.2) is 20.3 Å². The van der Waals surface area contributed by atoms with Gasteiger partial charge in [-0.2, -0.15) is 0 Å². The Morgan fingerprint density at radius 2 is 2.21 bits per heavy atom. The van der Waals surface area contributed by atoms with Gasteiger partial charge in [-0.3, -0.25) is 0 Å². The van der Waals surface area contributed by atoms with Gasteiger partial charge in [-0.15, -0.1) is 0 Å². The molecule has 1 rings (SSSR count). The van der Waals surface area contributed by atoms with E-state index in [9.17, 15) is 0 Å². The standard InChI is InChI=1S/C15H22ClNO2/c1-4-8-17-10-13-6-5-7-14(18-3)15(13)19-11-12(2)9-16/h5-7,9,17H,4,8,10-11H2,1-3H3/b12-9+. The average Bonchev–Trinajstić information content (AvgIpc) is 2.45. The van der Waals surface area contributed by atoms with Crippen LogP contribution in [0.2, 0.25) is 0 Å². The predicted octanol–water partition coefficient (Wildman–Crippen LogP) is 3.72. The first-order valence-corrected chi connectivity index (χ1v) is 6.91. The van der Waals surface area contributed by atoms with Gasteiger partial charge in [0.1, 0.15) is 6.61 Å². The molecule has 0 aliphatic heterocycles. The number of methoxy groups -OCH3 is 1. The summed E-state index contributed by atoms with van der Waals surface area (Å²) in [6, 6.07) is 5.91. The van der Waals surface area contributed by atoms with Crippen molar-refractivity contribution in [3.05, 3.63) is 34.9 Å². The van der Waals surface area contributed by atoms with Gasteiger partial charge in [0, 0.05) is 17.6 Å². The summed E-state index contributed by atoms with van der Waals surface area (Å²) in [7, 11) is 1.65. The van der Waals surface area contributed by atoms with Crippen molar-refractivity contribution >= 4 is 11.6 Å². The lowest BCUT2D eigenvalue weighted by Gasteiger charge is -2.15. The van der Waals surface area contributed by atoms with Crippen molar-refractivity contribution in [1.29, 1.82) is 0 Å². The zero-order valence-corrected chi connectivity index (χ0v) is 12.6. The molecule has 4 heteroatoms. The molecule has 0 unspecified atom stereocenters. The first-order chi connectivity index (χ1) is 9.22. The second kappa shape index (κ2) is 8.83. The Balaban J connectivity index is 2.83. The maximum Gasteiger partial charge on any atom is 0.166 e. The van der Waals surface area contributed by atoms with Gasteiger partial charge < -0.3 is 14.8 Å². The molecule has 0 saturated heterocycles. The molecule has 0 radical (unpaired) electrons. The van der Waals surface area contributed by atoms with Crippen molar-refractivity contribution in [3.63, 3.8) is 0 Å². The summed E-state index contributed by atoms with van der Waals surface area (Å²) in [5.41, 5.74) is 3.60. The number of halogens is 1. The molecule has 0 aromatic heterocycles. The van der Waals surface area contributed by atoms with Crippen LogP contribution in [0, 0.1) is 0 Å². The molecule has 0 bridgehead atoms. The molecule has 1 N–H and O–H groups in total. The maximum absolute atomic E-state index is 5.82. The Bertz CT molecular complexity index is 419. The fourth-order valence-corrected chi connectivity index (χ4v) is 1.71. The van der Waals surface area contributed by atoms with Crippen LogP contribution in [0.15, 0.2) is 29.3 Å². The highest BCUT2D eigenvalue weighted by atomic mass is 35.5. The second-order valence-electron chi connectivity index (χ2n) is 4.37. The Morgan fingerprint density at radius 3 is 2.84 bits per heavy atom. The molecule has 0 amide bonds. The van der Waals surface area contributed by atoms with Crippen LogP contribution >= 0.6 is 11.6 Å². The van der Waals surface area contributed by atoms with Crippen molar-refractivity contribution in [2.45, 2.75) is 26.8 Å². The van der Waals surface area contributed by atoms with Gasteiger partial charge in [0.2, 0.25) is 0 Å². The minimum absolute atomic E-state index is 0.463. The van der Waals surface area contributed by atoms with Gasteiger partial charge in [0.05, 0.1) is 7.11 Å². The lowest BCUT2D eigenvalue weighted by Crippen LogP contribution is -2.15. The van der Waals surface area contributed by atoms with Gasteiger partial charge in [-0.25, -0.2) is 0 Å². The molecular weight excluding hydrogens is 262 g/mol. The average molecular weight is 284 g/mol. The minimum Gasteiger partial charge on any atom is -0.493 e. The number of ether oxygens (including phenoxy) is 2. The van der Waals surface area contributed by atoms with Crippen LogP contribution < -0.4 is 14.8 Å². The van der Waals surface area contributed by atoms with E-state index in [-0.39, 0.29) is 0 Å². The van der Waals surface area contributed by atoms with E-state index in [0.29, 0.717) is 6.61 Å². The number of hydrogen-bond acceptors (Lipinski definition) is 3. The molecule has 3 nitrogen and oxygen atoms in total. The Morgan fingerprint density at radius 1 is 1.42 bits per heavy atom. The van der Waals surface area contributed by atoms with Crippen molar-refractivity contribution in [1.82, 2.24) is 5.32 Å². The van der Waals surface area contributed by atoms with Crippen molar-refractivity contribution in [3.8, 4) is 11.5 Å². The molecule has 0 aliphatic carbocycles. The third-order valence-corrected chi connectivity index (χ3v) is 3.03. The van der Waals surface area contributed by atoms with E-state index < -0.39 is 0 Å². The lowest BCUT2D eigenvalue weighted by atomic mass is 10.2. The zero-order chi connectivity index (χ0) is 14.1. The van der Waals surface area contributed by atoms with E-state index >= 15 is 0 Å². The van der Waals surface area contributed by atoms with Crippen LogP contribution in [0.3, 0.4) is 0 Å². The molecule has 0 heterocycles. The third-order valence-electron chi connectivity index (χ3n) is 2.65. The van der Waals surface area contributed by atoms with E-state index in [4.69, 9.17) is 21.1 Å². The lowest BCUT2D eigenvalue weighted by molar-refractivity contribution is 0.315. The molecule has 0 atom stereocenters. The monoisotopic (exact) mass is 283 g/mol. The van der Waals surface area contributed by atoms with Crippen molar-refractivity contribution < 1.29 is 9.47 Å². The molecular formula is C15H22ClNO2. The van der Waals surface area contributed by atoms with Crippen LogP contribution in [0.4, 0.5) is 0 Å². The summed E-state index contributed by atoms with van der Waals surface area (Å²) in [4.78, 5) is 0. The third kappa shape index (κ3) is 5.13. The number of benzene rings is 1. The molecule has 1 aromatic rings. The smallest absolute Gasteiger partial charge is 0.166 e. The molecule has 0 saturated carbocycles. The Hall–Kier alpha value is -1.19. The summed E-state index contributed by atoms with van der Waals surface area (Å²) in [6.07, 6.45) is 1.11. The predicted molar refractivity (Wildman–Crippen MR) is 80.1 cm³/mol. The largest absolute Gasteiger partial charge is 0.493 e. The first kappa shape index (κ1) is 15.9. The highest BCUT2D eigenvalue weighted by molar-refractivity contribution is 6.25. The van der Waals surface area contributed by atoms with Crippen LogP contribution in [0.5, 0.6) is 11.5 Å². The van der Waals surface area contributed by atoms with Gasteiger partial charge >= 0.3 is 0 Å². The van der Waals surface area contributed by atoms with E-state index in [1.165, 1.54) is 5.54 Å². The molecule has 1 aromatic carbocycles. The van der Waals surface area contributed by atoms with Crippen LogP contribution in [0.1, 0.15) is 25.8 Å². The van der Waals surface area contributed by atoms with Crippen LogP contribution in [-0.2, 0) is 6.54 Å². The van der Waals surface area contributed by atoms with E-state index in [2.05, 4.69) is 12.2 Å². The molecule has 0 fully saturated rings. The number of rotatable bonds is 8. The molecule has 0 spiro atoms. The topological polar surface area (TPSA) is 30.5 Å². The molecule has 0 aliphatic rings. The summed E-state index contributed by atoms with van der Waals surface area (Å²) >= 11 is 5.65. The highest BCUT2D eigenvalue weighted by Gasteiger charge is 2.10. The number of nitrogens with one attached hydrogen (secondary N) is 1. The minimum atomic E-state index is 0.463. The quantitative estimate of drug-likeness (QED) is 0.738. The maximum atomic E-state index is 5.82. The SMILES string of the molecule is CCCNCc1cccc(OC)c1OC/C(C)=C/Cl. The molecule has 19 heavy (non-hydrogen) atoms. The fourth-order valence-electron chi connectivity index (χ4n) is 1.64. The highest BCUT2D eigenvalue weighted by Crippen LogP contribution is 2.31. The zero-order valence-electron chi connectivity index (χ0n) is 11.8. The van der Waals surface area contributed by atoms with Gasteiger partial charge in [-0.1, -0.05) is 30.7 Å². The van der Waals surface area contributed by atoms with E-state index in [1.54, 1.807) is 7.11 Å². The van der Waals surface area contributed by atoms with E-state index in [0.717, 1.165) is 42.1 Å². The summed E-state index contributed by atoms with van der Waals surface area (Å²) < 4.78 is 11.2. The summed E-state index contributed by atoms with van der Waals surface area (Å²) in [5, 5.41) is 3.37. The normalized spacial score (nSPS) is 11.5. The van der Waals surface area contributed by atoms with Gasteiger partial charge in [-0.05, 0) is 31.5 Å². The van der Waals surface area contributed by atoms with E-state index in [1.807, 2.05) is 25.1 Å².